The summed E-state index contributed by atoms with van der Waals surface area (Å²) in [6.45, 7) is 1.03. The van der Waals surface area contributed by atoms with Gasteiger partial charge in [-0.3, -0.25) is 0 Å². The SMILES string of the molecule is O[C@H](CNc1ccccc1)Cn1c2ccc(Br)cc2c2cc(Br)ccc21. The molecule has 0 bridgehead atoms. The first-order valence-electron chi connectivity index (χ1n) is 8.46. The van der Waals surface area contributed by atoms with Crippen molar-refractivity contribution in [3.63, 3.8) is 0 Å². The topological polar surface area (TPSA) is 37.2 Å². The van der Waals surface area contributed by atoms with Crippen LogP contribution in [0.15, 0.2) is 75.7 Å². The second-order valence-corrected chi connectivity index (χ2v) is 8.17. The Morgan fingerprint density at radius 2 is 1.42 bits per heavy atom. The molecule has 0 saturated carbocycles. The van der Waals surface area contributed by atoms with E-state index in [1.807, 2.05) is 42.5 Å². The van der Waals surface area contributed by atoms with Gasteiger partial charge in [-0.15, -0.1) is 0 Å². The third-order valence-electron chi connectivity index (χ3n) is 4.50. The van der Waals surface area contributed by atoms with Gasteiger partial charge in [-0.1, -0.05) is 50.1 Å². The molecule has 3 nitrogen and oxygen atoms in total. The molecule has 4 aromatic rings. The predicted octanol–water partition coefficient (Wildman–Crippen LogP) is 5.79. The fraction of sp³-hybridized carbons (Fsp3) is 0.143. The molecule has 0 aliphatic carbocycles. The lowest BCUT2D eigenvalue weighted by molar-refractivity contribution is 0.169. The van der Waals surface area contributed by atoms with Crippen LogP contribution < -0.4 is 5.32 Å². The van der Waals surface area contributed by atoms with Crippen LogP contribution in [0.5, 0.6) is 0 Å². The number of rotatable bonds is 5. The van der Waals surface area contributed by atoms with E-state index in [1.165, 1.54) is 10.8 Å². The largest absolute Gasteiger partial charge is 0.389 e. The van der Waals surface area contributed by atoms with Gasteiger partial charge in [0, 0.05) is 43.0 Å². The average Bonchev–Trinajstić information content (AvgIpc) is 2.93. The van der Waals surface area contributed by atoms with Gasteiger partial charge in [0.15, 0.2) is 0 Å². The highest BCUT2D eigenvalue weighted by molar-refractivity contribution is 9.10. The number of aliphatic hydroxyl groups excluding tert-OH is 1. The highest BCUT2D eigenvalue weighted by Gasteiger charge is 2.14. The summed E-state index contributed by atoms with van der Waals surface area (Å²) >= 11 is 7.13. The summed E-state index contributed by atoms with van der Waals surface area (Å²) in [7, 11) is 0. The minimum Gasteiger partial charge on any atom is -0.389 e. The fourth-order valence-electron chi connectivity index (χ4n) is 3.31. The fourth-order valence-corrected chi connectivity index (χ4v) is 4.03. The monoisotopic (exact) mass is 472 g/mol. The van der Waals surface area contributed by atoms with Gasteiger partial charge in [0.05, 0.1) is 12.6 Å². The number of nitrogens with one attached hydrogen (secondary N) is 1. The quantitative estimate of drug-likeness (QED) is 0.384. The number of aromatic nitrogens is 1. The molecule has 1 aromatic heterocycles. The van der Waals surface area contributed by atoms with Crippen LogP contribution in [-0.2, 0) is 6.54 Å². The van der Waals surface area contributed by atoms with Crippen LogP contribution in [0.25, 0.3) is 21.8 Å². The summed E-state index contributed by atoms with van der Waals surface area (Å²) < 4.78 is 4.30. The van der Waals surface area contributed by atoms with Crippen LogP contribution in [0.2, 0.25) is 0 Å². The Morgan fingerprint density at radius 1 is 0.846 bits per heavy atom. The molecule has 0 amide bonds. The van der Waals surface area contributed by atoms with Crippen molar-refractivity contribution < 1.29 is 5.11 Å². The molecule has 2 N–H and O–H groups in total. The number of hydrogen-bond donors (Lipinski definition) is 2. The molecule has 0 fully saturated rings. The molecule has 132 valence electrons. The van der Waals surface area contributed by atoms with Crippen LogP contribution in [0.1, 0.15) is 0 Å². The first kappa shape index (κ1) is 17.6. The Bertz CT molecular complexity index is 1000. The predicted molar refractivity (Wildman–Crippen MR) is 116 cm³/mol. The van der Waals surface area contributed by atoms with E-state index in [9.17, 15) is 5.11 Å². The van der Waals surface area contributed by atoms with E-state index < -0.39 is 6.10 Å². The molecule has 0 aliphatic rings. The second-order valence-electron chi connectivity index (χ2n) is 6.33. The highest BCUT2D eigenvalue weighted by Crippen LogP contribution is 2.33. The molecule has 1 heterocycles. The van der Waals surface area contributed by atoms with E-state index in [4.69, 9.17) is 0 Å². The minimum atomic E-state index is -0.499. The van der Waals surface area contributed by atoms with Gasteiger partial charge in [-0.2, -0.15) is 0 Å². The molecule has 0 radical (unpaired) electrons. The van der Waals surface area contributed by atoms with E-state index in [2.05, 4.69) is 66.0 Å². The smallest absolute Gasteiger partial charge is 0.0891 e. The van der Waals surface area contributed by atoms with E-state index in [0.29, 0.717) is 13.1 Å². The average molecular weight is 474 g/mol. The normalized spacial score (nSPS) is 12.6. The Morgan fingerprint density at radius 3 is 2.00 bits per heavy atom. The maximum absolute atomic E-state index is 10.6. The van der Waals surface area contributed by atoms with Crippen LogP contribution in [0.4, 0.5) is 5.69 Å². The molecule has 5 heteroatoms. The third kappa shape index (κ3) is 3.52. The summed E-state index contributed by atoms with van der Waals surface area (Å²) in [4.78, 5) is 0. The number of halogens is 2. The van der Waals surface area contributed by atoms with Crippen LogP contribution in [0, 0.1) is 0 Å². The Labute approximate surface area is 168 Å². The van der Waals surface area contributed by atoms with Gasteiger partial charge >= 0.3 is 0 Å². The van der Waals surface area contributed by atoms with Crippen molar-refractivity contribution in [2.24, 2.45) is 0 Å². The van der Waals surface area contributed by atoms with Gasteiger partial charge < -0.3 is 15.0 Å². The summed E-state index contributed by atoms with van der Waals surface area (Å²) in [6, 6.07) is 22.5. The lowest BCUT2D eigenvalue weighted by Crippen LogP contribution is -2.24. The van der Waals surface area contributed by atoms with Crippen molar-refractivity contribution in [1.82, 2.24) is 4.57 Å². The van der Waals surface area contributed by atoms with Crippen molar-refractivity contribution in [3.05, 3.63) is 75.7 Å². The molecule has 0 spiro atoms. The van der Waals surface area contributed by atoms with Crippen LogP contribution in [0.3, 0.4) is 0 Å². The highest BCUT2D eigenvalue weighted by atomic mass is 79.9. The zero-order valence-corrected chi connectivity index (χ0v) is 17.2. The van der Waals surface area contributed by atoms with Gasteiger partial charge in [-0.05, 0) is 48.5 Å². The van der Waals surface area contributed by atoms with E-state index in [1.54, 1.807) is 0 Å². The lowest BCUT2D eigenvalue weighted by atomic mass is 10.2. The van der Waals surface area contributed by atoms with Crippen molar-refractivity contribution in [1.29, 1.82) is 0 Å². The van der Waals surface area contributed by atoms with Crippen molar-refractivity contribution in [3.8, 4) is 0 Å². The Balaban J connectivity index is 1.66. The summed E-state index contributed by atoms with van der Waals surface area (Å²) in [5.74, 6) is 0. The first-order chi connectivity index (χ1) is 12.6. The van der Waals surface area contributed by atoms with E-state index in [-0.39, 0.29) is 0 Å². The number of fused-ring (bicyclic) bond motifs is 3. The van der Waals surface area contributed by atoms with Crippen LogP contribution in [-0.4, -0.2) is 22.3 Å². The molecule has 26 heavy (non-hydrogen) atoms. The number of aliphatic hydroxyl groups is 1. The molecule has 0 unspecified atom stereocenters. The summed E-state index contributed by atoms with van der Waals surface area (Å²) in [6.07, 6.45) is -0.499. The van der Waals surface area contributed by atoms with Gasteiger partial charge in [0.2, 0.25) is 0 Å². The van der Waals surface area contributed by atoms with Crippen molar-refractivity contribution in [2.75, 3.05) is 11.9 Å². The number of para-hydroxylation sites is 1. The number of benzene rings is 3. The lowest BCUT2D eigenvalue weighted by Gasteiger charge is -2.15. The number of hydrogen-bond acceptors (Lipinski definition) is 2. The van der Waals surface area contributed by atoms with Crippen molar-refractivity contribution in [2.45, 2.75) is 12.6 Å². The molecule has 3 aromatic carbocycles. The van der Waals surface area contributed by atoms with E-state index >= 15 is 0 Å². The molecular weight excluding hydrogens is 456 g/mol. The first-order valence-corrected chi connectivity index (χ1v) is 10.0. The molecule has 0 aliphatic heterocycles. The standard InChI is InChI=1S/C21H18Br2N2O/c22-14-6-8-20-18(10-14)19-11-15(23)7-9-21(19)25(20)13-17(26)12-24-16-4-2-1-3-5-16/h1-11,17,24,26H,12-13H2/t17-/m1/s1. The van der Waals surface area contributed by atoms with Gasteiger partial charge in [0.25, 0.3) is 0 Å². The third-order valence-corrected chi connectivity index (χ3v) is 5.48. The van der Waals surface area contributed by atoms with Crippen molar-refractivity contribution >= 4 is 59.4 Å². The summed E-state index contributed by atoms with van der Waals surface area (Å²) in [5.41, 5.74) is 3.27. The molecule has 0 saturated heterocycles. The second kappa shape index (κ2) is 7.43. The molecule has 4 rings (SSSR count). The Hall–Kier alpha value is -1.82. The number of nitrogens with zero attached hydrogens (tertiary/aromatic N) is 1. The summed E-state index contributed by atoms with van der Waals surface area (Å²) in [5, 5.41) is 16.3. The minimum absolute atomic E-state index is 0.498. The Kier molecular flexibility index (Phi) is 5.02. The van der Waals surface area contributed by atoms with Crippen LogP contribution >= 0.6 is 31.9 Å². The molecular formula is C21H18Br2N2O. The maximum Gasteiger partial charge on any atom is 0.0891 e. The van der Waals surface area contributed by atoms with E-state index in [0.717, 1.165) is 25.7 Å². The zero-order chi connectivity index (χ0) is 18.1. The molecule has 1 atom stereocenters. The zero-order valence-electron chi connectivity index (χ0n) is 14.0. The van der Waals surface area contributed by atoms with Gasteiger partial charge in [0.1, 0.15) is 0 Å². The number of anilines is 1. The van der Waals surface area contributed by atoms with Gasteiger partial charge in [-0.25, -0.2) is 0 Å². The maximum atomic E-state index is 10.6.